The van der Waals surface area contributed by atoms with E-state index in [4.69, 9.17) is 14.2 Å². The van der Waals surface area contributed by atoms with Gasteiger partial charge in [-0.1, -0.05) is 12.1 Å². The molecular weight excluding hydrogens is 512 g/mol. The second-order valence-electron chi connectivity index (χ2n) is 9.09. The maximum atomic E-state index is 13.8. The number of aryl methyl sites for hydroxylation is 1. The molecule has 206 valence electrons. The predicted molar refractivity (Wildman–Crippen MR) is 149 cm³/mol. The van der Waals surface area contributed by atoms with E-state index in [9.17, 15) is 19.2 Å². The highest BCUT2D eigenvalue weighted by Gasteiger charge is 2.38. The lowest BCUT2D eigenvalue weighted by Gasteiger charge is -2.18. The van der Waals surface area contributed by atoms with E-state index in [1.165, 1.54) is 19.1 Å². The van der Waals surface area contributed by atoms with Crippen LogP contribution >= 0.6 is 0 Å². The first kappa shape index (κ1) is 28.1. The summed E-state index contributed by atoms with van der Waals surface area (Å²) in [4.78, 5) is 52.6. The van der Waals surface area contributed by atoms with Crippen molar-refractivity contribution < 1.29 is 33.4 Å². The van der Waals surface area contributed by atoms with E-state index in [0.717, 1.165) is 11.4 Å². The van der Waals surface area contributed by atoms with E-state index in [1.807, 2.05) is 36.6 Å². The number of carbonyl (C=O) groups is 4. The number of aromatic nitrogens is 1. The van der Waals surface area contributed by atoms with Crippen molar-refractivity contribution in [2.75, 3.05) is 25.7 Å². The summed E-state index contributed by atoms with van der Waals surface area (Å²) in [5, 5.41) is 0. The number of esters is 3. The van der Waals surface area contributed by atoms with Crippen molar-refractivity contribution in [2.24, 2.45) is 0 Å². The van der Waals surface area contributed by atoms with Gasteiger partial charge in [0.05, 0.1) is 48.8 Å². The third kappa shape index (κ3) is 4.93. The summed E-state index contributed by atoms with van der Waals surface area (Å²) in [6, 6.07) is 15.4. The Bertz CT molecular complexity index is 1580. The van der Waals surface area contributed by atoms with E-state index in [2.05, 4.69) is 0 Å². The highest BCUT2D eigenvalue weighted by Crippen LogP contribution is 2.36. The number of nitrogens with zero attached hydrogens (tertiary/aromatic N) is 2. The smallest absolute Gasteiger partial charge is 0.340 e. The number of hydrogen-bond acceptors (Lipinski definition) is 7. The van der Waals surface area contributed by atoms with Gasteiger partial charge in [0.1, 0.15) is 0 Å². The number of amides is 1. The van der Waals surface area contributed by atoms with Gasteiger partial charge in [0.25, 0.3) is 5.91 Å². The van der Waals surface area contributed by atoms with Crippen molar-refractivity contribution in [3.05, 3.63) is 99.5 Å². The van der Waals surface area contributed by atoms with Crippen LogP contribution in [0.4, 0.5) is 5.69 Å². The van der Waals surface area contributed by atoms with Crippen LogP contribution in [0.5, 0.6) is 0 Å². The Hall–Kier alpha value is -4.92. The van der Waals surface area contributed by atoms with Gasteiger partial charge in [-0.15, -0.1) is 0 Å². The van der Waals surface area contributed by atoms with Crippen LogP contribution < -0.4 is 4.90 Å². The summed E-state index contributed by atoms with van der Waals surface area (Å²) in [7, 11) is 2.59. The van der Waals surface area contributed by atoms with Gasteiger partial charge < -0.3 is 18.8 Å². The van der Waals surface area contributed by atoms with Crippen LogP contribution in [-0.2, 0) is 23.8 Å². The second-order valence-corrected chi connectivity index (χ2v) is 9.09. The van der Waals surface area contributed by atoms with Crippen LogP contribution in [0, 0.1) is 13.8 Å². The standard InChI is InChI=1S/C31H30N2O7/c1-7-40-29(35)21-12-14-23(15-13-21)33-20(4)27(31(37)39-6)25(28(33)34)17-22-16-18(2)32(19(22)3)26-11-9-8-10-24(26)30(36)38-5/h8-17H,7H2,1-6H3/b25-17-. The van der Waals surface area contributed by atoms with Crippen LogP contribution in [-0.4, -0.2) is 49.2 Å². The van der Waals surface area contributed by atoms with Crippen LogP contribution in [0.1, 0.15) is 51.5 Å². The lowest BCUT2D eigenvalue weighted by molar-refractivity contribution is -0.136. The van der Waals surface area contributed by atoms with Crippen molar-refractivity contribution in [2.45, 2.75) is 27.7 Å². The van der Waals surface area contributed by atoms with Gasteiger partial charge in [-0.3, -0.25) is 9.69 Å². The molecule has 2 aromatic carbocycles. The zero-order valence-corrected chi connectivity index (χ0v) is 23.2. The second kappa shape index (κ2) is 11.4. The summed E-state index contributed by atoms with van der Waals surface area (Å²) >= 11 is 0. The van der Waals surface area contributed by atoms with Crippen molar-refractivity contribution >= 4 is 35.6 Å². The molecule has 0 unspecified atom stereocenters. The van der Waals surface area contributed by atoms with Gasteiger partial charge in [0, 0.05) is 22.8 Å². The third-order valence-corrected chi connectivity index (χ3v) is 6.75. The maximum Gasteiger partial charge on any atom is 0.340 e. The van der Waals surface area contributed by atoms with E-state index in [0.29, 0.717) is 33.8 Å². The Morgan fingerprint density at radius 2 is 1.52 bits per heavy atom. The minimum absolute atomic E-state index is 0.140. The largest absolute Gasteiger partial charge is 0.465 e. The number of anilines is 1. The molecule has 40 heavy (non-hydrogen) atoms. The van der Waals surface area contributed by atoms with E-state index in [-0.39, 0.29) is 17.8 Å². The normalized spacial score (nSPS) is 14.1. The zero-order chi connectivity index (χ0) is 29.1. The number of hydrogen-bond donors (Lipinski definition) is 0. The molecule has 1 aromatic heterocycles. The number of benzene rings is 2. The first-order valence-corrected chi connectivity index (χ1v) is 12.6. The molecule has 0 saturated heterocycles. The van der Waals surface area contributed by atoms with Crippen LogP contribution in [0.25, 0.3) is 11.8 Å². The molecule has 3 aromatic rings. The monoisotopic (exact) mass is 542 g/mol. The van der Waals surface area contributed by atoms with Crippen LogP contribution in [0.2, 0.25) is 0 Å². The molecule has 0 aliphatic carbocycles. The van der Waals surface area contributed by atoms with Crippen molar-refractivity contribution in [1.82, 2.24) is 4.57 Å². The molecule has 0 saturated carbocycles. The molecule has 0 radical (unpaired) electrons. The van der Waals surface area contributed by atoms with Crippen LogP contribution in [0.15, 0.2) is 71.4 Å². The lowest BCUT2D eigenvalue weighted by atomic mass is 10.0. The first-order chi connectivity index (χ1) is 19.1. The fraction of sp³-hybridized carbons (Fsp3) is 0.226. The van der Waals surface area contributed by atoms with Gasteiger partial charge in [-0.05, 0) is 81.8 Å². The Labute approximate surface area is 232 Å². The molecular formula is C31H30N2O7. The van der Waals surface area contributed by atoms with Crippen molar-refractivity contribution in [1.29, 1.82) is 0 Å². The highest BCUT2D eigenvalue weighted by molar-refractivity contribution is 6.24. The van der Waals surface area contributed by atoms with E-state index < -0.39 is 23.8 Å². The molecule has 9 nitrogen and oxygen atoms in total. The van der Waals surface area contributed by atoms with Crippen molar-refractivity contribution in [3.8, 4) is 5.69 Å². The summed E-state index contributed by atoms with van der Waals surface area (Å²) in [5.41, 5.74) is 4.83. The lowest BCUT2D eigenvalue weighted by Crippen LogP contribution is -2.24. The number of rotatable bonds is 7. The summed E-state index contributed by atoms with van der Waals surface area (Å²) in [6.07, 6.45) is 1.66. The fourth-order valence-corrected chi connectivity index (χ4v) is 4.86. The summed E-state index contributed by atoms with van der Waals surface area (Å²) < 4.78 is 16.9. The zero-order valence-electron chi connectivity index (χ0n) is 23.2. The minimum atomic E-state index is -0.646. The topological polar surface area (TPSA) is 104 Å². The van der Waals surface area contributed by atoms with Gasteiger partial charge in [-0.25, -0.2) is 14.4 Å². The molecule has 1 amide bonds. The average Bonchev–Trinajstić information content (AvgIpc) is 3.37. The summed E-state index contributed by atoms with van der Waals surface area (Å²) in [5.74, 6) is -1.99. The quantitative estimate of drug-likeness (QED) is 0.237. The van der Waals surface area contributed by atoms with Crippen molar-refractivity contribution in [3.63, 3.8) is 0 Å². The third-order valence-electron chi connectivity index (χ3n) is 6.75. The van der Waals surface area contributed by atoms with Gasteiger partial charge in [0.2, 0.25) is 0 Å². The molecule has 4 rings (SSSR count). The fourth-order valence-electron chi connectivity index (χ4n) is 4.86. The van der Waals surface area contributed by atoms with Gasteiger partial charge >= 0.3 is 17.9 Å². The average molecular weight is 543 g/mol. The van der Waals surface area contributed by atoms with E-state index in [1.54, 1.807) is 56.3 Å². The molecule has 0 fully saturated rings. The number of para-hydroxylation sites is 1. The Kier molecular flexibility index (Phi) is 8.04. The highest BCUT2D eigenvalue weighted by atomic mass is 16.5. The Morgan fingerprint density at radius 3 is 2.15 bits per heavy atom. The Balaban J connectivity index is 1.80. The number of methoxy groups -OCH3 is 2. The SMILES string of the molecule is CCOC(=O)c1ccc(N2C(=O)/C(=C\c3cc(C)n(-c4ccccc4C(=O)OC)c3C)C(C(=O)OC)=C2C)cc1. The van der Waals surface area contributed by atoms with Gasteiger partial charge in [-0.2, -0.15) is 0 Å². The first-order valence-electron chi connectivity index (χ1n) is 12.6. The number of ether oxygens (including phenoxy) is 3. The number of carbonyl (C=O) groups excluding carboxylic acids is 4. The summed E-state index contributed by atoms with van der Waals surface area (Å²) in [6.45, 7) is 7.39. The van der Waals surface area contributed by atoms with Gasteiger partial charge in [0.15, 0.2) is 0 Å². The molecule has 0 atom stereocenters. The molecule has 9 heteroatoms. The molecule has 0 N–H and O–H groups in total. The number of allylic oxidation sites excluding steroid dienone is 1. The predicted octanol–water partition coefficient (Wildman–Crippen LogP) is 4.93. The Morgan fingerprint density at radius 1 is 0.875 bits per heavy atom. The van der Waals surface area contributed by atoms with E-state index >= 15 is 0 Å². The molecule has 0 bridgehead atoms. The minimum Gasteiger partial charge on any atom is -0.465 e. The molecule has 0 spiro atoms. The van der Waals surface area contributed by atoms with Crippen LogP contribution in [0.3, 0.4) is 0 Å². The molecule has 1 aliphatic rings. The molecule has 2 heterocycles. The maximum absolute atomic E-state index is 13.8. The molecule has 1 aliphatic heterocycles.